The number of carbonyl (C=O) groups is 1. The summed E-state index contributed by atoms with van der Waals surface area (Å²) in [5.74, 6) is 0.229. The maximum Gasteiger partial charge on any atom is 0.254 e. The highest BCUT2D eigenvalue weighted by atomic mass is 35.5. The lowest BCUT2D eigenvalue weighted by atomic mass is 9.87. The Hall–Kier alpha value is -2.47. The van der Waals surface area contributed by atoms with Gasteiger partial charge in [0.2, 0.25) is 0 Å². The smallest absolute Gasteiger partial charge is 0.254 e. The van der Waals surface area contributed by atoms with Crippen molar-refractivity contribution in [2.24, 2.45) is 0 Å². The van der Waals surface area contributed by atoms with Crippen LogP contribution in [0.25, 0.3) is 0 Å². The summed E-state index contributed by atoms with van der Waals surface area (Å²) in [4.78, 5) is 15.2. The summed E-state index contributed by atoms with van der Waals surface area (Å²) in [5.41, 5.74) is 2.20. The van der Waals surface area contributed by atoms with Gasteiger partial charge in [-0.15, -0.1) is 0 Å². The minimum Gasteiger partial charge on any atom is -0.493 e. The Kier molecular flexibility index (Phi) is 6.52. The number of methoxy groups -OCH3 is 2. The van der Waals surface area contributed by atoms with E-state index in [4.69, 9.17) is 44.3 Å². The molecular formula is C24H19Cl3FNO3. The van der Waals surface area contributed by atoms with Crippen molar-refractivity contribution in [3.05, 3.63) is 91.7 Å². The number of amides is 1. The molecule has 0 spiro atoms. The number of fused-ring (bicyclic) bond motifs is 1. The highest BCUT2D eigenvalue weighted by Crippen LogP contribution is 2.44. The summed E-state index contributed by atoms with van der Waals surface area (Å²) >= 11 is 18.6. The topological polar surface area (TPSA) is 38.8 Å². The summed E-state index contributed by atoms with van der Waals surface area (Å²) in [6.45, 7) is 0.344. The van der Waals surface area contributed by atoms with Crippen LogP contribution in [0.15, 0.2) is 48.5 Å². The second-order valence-corrected chi connectivity index (χ2v) is 8.54. The van der Waals surface area contributed by atoms with Gasteiger partial charge in [-0.25, -0.2) is 4.39 Å². The van der Waals surface area contributed by atoms with Gasteiger partial charge in [-0.3, -0.25) is 4.79 Å². The molecule has 0 fully saturated rings. The molecule has 8 heteroatoms. The predicted octanol–water partition coefficient (Wildman–Crippen LogP) is 6.59. The maximum absolute atomic E-state index is 15.1. The van der Waals surface area contributed by atoms with Crippen LogP contribution in [0.1, 0.15) is 33.1 Å². The van der Waals surface area contributed by atoms with E-state index >= 15 is 4.39 Å². The zero-order chi connectivity index (χ0) is 23.0. The number of hydrogen-bond donors (Lipinski definition) is 0. The van der Waals surface area contributed by atoms with E-state index in [0.29, 0.717) is 40.6 Å². The first-order valence-corrected chi connectivity index (χ1v) is 10.9. The summed E-state index contributed by atoms with van der Waals surface area (Å²) in [7, 11) is 3.08. The second-order valence-electron chi connectivity index (χ2n) is 7.32. The normalized spacial score (nSPS) is 15.3. The first kappa shape index (κ1) is 22.7. The zero-order valence-electron chi connectivity index (χ0n) is 17.3. The van der Waals surface area contributed by atoms with Crippen LogP contribution < -0.4 is 9.47 Å². The third-order valence-electron chi connectivity index (χ3n) is 5.57. The molecule has 166 valence electrons. The van der Waals surface area contributed by atoms with Crippen LogP contribution in [0.4, 0.5) is 4.39 Å². The molecule has 4 rings (SSSR count). The van der Waals surface area contributed by atoms with E-state index in [0.717, 1.165) is 5.56 Å². The Morgan fingerprint density at radius 3 is 2.34 bits per heavy atom. The molecule has 0 aromatic heterocycles. The van der Waals surface area contributed by atoms with E-state index in [9.17, 15) is 4.79 Å². The molecule has 1 aliphatic heterocycles. The zero-order valence-corrected chi connectivity index (χ0v) is 19.6. The Morgan fingerprint density at radius 2 is 1.69 bits per heavy atom. The Balaban J connectivity index is 1.91. The average Bonchev–Trinajstić information content (AvgIpc) is 2.79. The van der Waals surface area contributed by atoms with Crippen LogP contribution >= 0.6 is 34.8 Å². The number of carbonyl (C=O) groups excluding carboxylic acids is 1. The molecule has 0 unspecified atom stereocenters. The fourth-order valence-corrected chi connectivity index (χ4v) is 4.61. The molecule has 1 aliphatic rings. The lowest BCUT2D eigenvalue weighted by Gasteiger charge is -2.38. The minimum absolute atomic E-state index is 0.218. The van der Waals surface area contributed by atoms with E-state index < -0.39 is 11.9 Å². The van der Waals surface area contributed by atoms with Crippen LogP contribution in [0, 0.1) is 5.82 Å². The molecule has 0 bridgehead atoms. The Morgan fingerprint density at radius 1 is 0.969 bits per heavy atom. The molecule has 0 N–H and O–H groups in total. The standard InChI is InChI=1S/C24H19Cl3FNO3/c1-31-20-11-13-8-9-29(24(30)14-6-7-16(25)18(27)10-14)23(15(13)12-21(20)32-2)22-17(26)4-3-5-19(22)28/h3-7,10-12,23H,8-9H2,1-2H3/t23-/m0/s1. The van der Waals surface area contributed by atoms with Gasteiger partial charge >= 0.3 is 0 Å². The van der Waals surface area contributed by atoms with Gasteiger partial charge < -0.3 is 14.4 Å². The molecule has 0 saturated heterocycles. The van der Waals surface area contributed by atoms with E-state index in [1.165, 1.54) is 25.3 Å². The number of rotatable bonds is 4. The predicted molar refractivity (Wildman–Crippen MR) is 124 cm³/mol. The number of benzene rings is 3. The first-order valence-electron chi connectivity index (χ1n) is 9.80. The molecule has 3 aromatic carbocycles. The van der Waals surface area contributed by atoms with Gasteiger partial charge in [0.1, 0.15) is 5.82 Å². The molecule has 4 nitrogen and oxygen atoms in total. The van der Waals surface area contributed by atoms with Crippen molar-refractivity contribution >= 4 is 40.7 Å². The Bertz CT molecular complexity index is 1180. The van der Waals surface area contributed by atoms with Crippen molar-refractivity contribution in [2.45, 2.75) is 12.5 Å². The molecule has 0 saturated carbocycles. The number of hydrogen-bond acceptors (Lipinski definition) is 3. The highest BCUT2D eigenvalue weighted by Gasteiger charge is 2.36. The number of ether oxygens (including phenoxy) is 2. The van der Waals surface area contributed by atoms with E-state index in [2.05, 4.69) is 0 Å². The molecule has 3 aromatic rings. The third-order valence-corrected chi connectivity index (χ3v) is 6.64. The van der Waals surface area contributed by atoms with Crippen molar-refractivity contribution in [1.29, 1.82) is 0 Å². The van der Waals surface area contributed by atoms with Crippen molar-refractivity contribution in [2.75, 3.05) is 20.8 Å². The molecular weight excluding hydrogens is 476 g/mol. The van der Waals surface area contributed by atoms with Crippen LogP contribution in [0.3, 0.4) is 0 Å². The van der Waals surface area contributed by atoms with Crippen molar-refractivity contribution in [3.8, 4) is 11.5 Å². The fourth-order valence-electron chi connectivity index (χ4n) is 4.04. The van der Waals surface area contributed by atoms with Gasteiger partial charge in [-0.1, -0.05) is 40.9 Å². The SMILES string of the molecule is COc1cc2c(cc1OC)[C@@H](c1c(F)cccc1Cl)N(C(=O)c1ccc(Cl)c(Cl)c1)CC2. The van der Waals surface area contributed by atoms with Gasteiger partial charge in [-0.2, -0.15) is 0 Å². The fraction of sp³-hybridized carbons (Fsp3) is 0.208. The first-order chi connectivity index (χ1) is 15.3. The minimum atomic E-state index is -0.769. The summed E-state index contributed by atoms with van der Waals surface area (Å²) < 4.78 is 26.0. The molecule has 1 heterocycles. The molecule has 1 atom stereocenters. The van der Waals surface area contributed by atoms with Gasteiger partial charge in [0.15, 0.2) is 11.5 Å². The maximum atomic E-state index is 15.1. The van der Waals surface area contributed by atoms with Gasteiger partial charge in [-0.05, 0) is 60.0 Å². The van der Waals surface area contributed by atoms with Crippen LogP contribution in [-0.4, -0.2) is 31.6 Å². The van der Waals surface area contributed by atoms with Crippen molar-refractivity contribution < 1.29 is 18.7 Å². The average molecular weight is 495 g/mol. The van der Waals surface area contributed by atoms with E-state index in [1.54, 1.807) is 36.3 Å². The van der Waals surface area contributed by atoms with Gasteiger partial charge in [0.25, 0.3) is 5.91 Å². The molecule has 0 aliphatic carbocycles. The third kappa shape index (κ3) is 4.01. The lowest BCUT2D eigenvalue weighted by molar-refractivity contribution is 0.0691. The number of halogens is 4. The highest BCUT2D eigenvalue weighted by molar-refractivity contribution is 6.42. The molecule has 32 heavy (non-hydrogen) atoms. The monoisotopic (exact) mass is 493 g/mol. The van der Waals surface area contributed by atoms with E-state index in [1.807, 2.05) is 6.07 Å². The van der Waals surface area contributed by atoms with Crippen molar-refractivity contribution in [1.82, 2.24) is 4.90 Å². The summed E-state index contributed by atoms with van der Waals surface area (Å²) in [6.07, 6.45) is 0.547. The number of nitrogens with zero attached hydrogens (tertiary/aromatic N) is 1. The summed E-state index contributed by atoms with van der Waals surface area (Å²) in [6, 6.07) is 12.0. The van der Waals surface area contributed by atoms with Gasteiger partial charge in [0.05, 0.1) is 30.3 Å². The van der Waals surface area contributed by atoms with Crippen LogP contribution in [-0.2, 0) is 6.42 Å². The summed E-state index contributed by atoms with van der Waals surface area (Å²) in [5, 5.41) is 0.837. The lowest BCUT2D eigenvalue weighted by Crippen LogP contribution is -2.41. The van der Waals surface area contributed by atoms with E-state index in [-0.39, 0.29) is 21.5 Å². The Labute approximate surface area is 200 Å². The van der Waals surface area contributed by atoms with Gasteiger partial charge in [0, 0.05) is 22.7 Å². The molecule has 0 radical (unpaired) electrons. The van der Waals surface area contributed by atoms with Crippen LogP contribution in [0.5, 0.6) is 11.5 Å². The molecule has 1 amide bonds. The quantitative estimate of drug-likeness (QED) is 0.411. The largest absolute Gasteiger partial charge is 0.493 e. The van der Waals surface area contributed by atoms with Crippen LogP contribution in [0.2, 0.25) is 15.1 Å². The van der Waals surface area contributed by atoms with Crippen molar-refractivity contribution in [3.63, 3.8) is 0 Å². The second kappa shape index (κ2) is 9.18.